The number of esters is 1. The summed E-state index contributed by atoms with van der Waals surface area (Å²) in [5, 5.41) is 3.40. The molecule has 0 aromatic heterocycles. The molecule has 0 aromatic carbocycles. The van der Waals surface area contributed by atoms with Crippen LogP contribution in [-0.2, 0) is 9.53 Å². The minimum absolute atomic E-state index is 0.0427. The lowest BCUT2D eigenvalue weighted by Crippen LogP contribution is -2.45. The van der Waals surface area contributed by atoms with Gasteiger partial charge in [-0.25, -0.2) is 0 Å². The van der Waals surface area contributed by atoms with Crippen molar-refractivity contribution < 1.29 is 9.53 Å². The third-order valence-electron chi connectivity index (χ3n) is 3.28. The summed E-state index contributed by atoms with van der Waals surface area (Å²) in [5.74, 6) is -0.138. The van der Waals surface area contributed by atoms with Crippen molar-refractivity contribution in [1.82, 2.24) is 5.32 Å². The first-order chi connectivity index (χ1) is 7.63. The van der Waals surface area contributed by atoms with Crippen molar-refractivity contribution in [2.24, 2.45) is 5.92 Å². The zero-order valence-electron chi connectivity index (χ0n) is 10.5. The molecule has 0 spiro atoms. The van der Waals surface area contributed by atoms with Crippen LogP contribution in [0.25, 0.3) is 0 Å². The third kappa shape index (κ3) is 3.67. The molecule has 3 nitrogen and oxygen atoms in total. The van der Waals surface area contributed by atoms with Crippen molar-refractivity contribution in [3.05, 3.63) is 0 Å². The highest BCUT2D eigenvalue weighted by molar-refractivity contribution is 8.00. The Kier molecular flexibility index (Phi) is 5.62. The van der Waals surface area contributed by atoms with Crippen LogP contribution in [0.15, 0.2) is 0 Å². The molecule has 0 aromatic rings. The summed E-state index contributed by atoms with van der Waals surface area (Å²) in [6.45, 7) is 5.96. The van der Waals surface area contributed by atoms with Gasteiger partial charge in [0.05, 0.1) is 12.5 Å². The molecule has 0 radical (unpaired) electrons. The molecule has 1 rings (SSSR count). The summed E-state index contributed by atoms with van der Waals surface area (Å²) in [6, 6.07) is 0. The van der Waals surface area contributed by atoms with E-state index in [0.717, 1.165) is 13.1 Å². The van der Waals surface area contributed by atoms with Gasteiger partial charge in [0.15, 0.2) is 0 Å². The summed E-state index contributed by atoms with van der Waals surface area (Å²) in [6.07, 6.45) is 6.12. The van der Waals surface area contributed by atoms with E-state index in [2.05, 4.69) is 11.6 Å². The standard InChI is InChI=1S/C12H23NO2S/c1-4-15-11(14)10(2)8-13-9-12(16-3)6-5-7-12/h10,13H,4-9H2,1-3H3. The molecule has 1 N–H and O–H groups in total. The van der Waals surface area contributed by atoms with Gasteiger partial charge in [0.25, 0.3) is 0 Å². The van der Waals surface area contributed by atoms with E-state index < -0.39 is 0 Å². The van der Waals surface area contributed by atoms with Gasteiger partial charge in [-0.15, -0.1) is 0 Å². The Bertz CT molecular complexity index is 224. The Labute approximate surface area is 103 Å². The van der Waals surface area contributed by atoms with Gasteiger partial charge in [0, 0.05) is 17.8 Å². The molecule has 0 heterocycles. The number of rotatable bonds is 7. The molecule has 1 aliphatic carbocycles. The number of hydrogen-bond acceptors (Lipinski definition) is 4. The Hall–Kier alpha value is -0.220. The van der Waals surface area contributed by atoms with Gasteiger partial charge in [-0.2, -0.15) is 11.8 Å². The SMILES string of the molecule is CCOC(=O)C(C)CNCC1(SC)CCC1. The maximum Gasteiger partial charge on any atom is 0.309 e. The van der Waals surface area contributed by atoms with Gasteiger partial charge >= 0.3 is 5.97 Å². The minimum Gasteiger partial charge on any atom is -0.466 e. The molecular formula is C12H23NO2S. The van der Waals surface area contributed by atoms with Crippen LogP contribution in [0.3, 0.4) is 0 Å². The molecule has 0 saturated heterocycles. The van der Waals surface area contributed by atoms with E-state index in [0.29, 0.717) is 11.4 Å². The van der Waals surface area contributed by atoms with Crippen LogP contribution in [0.5, 0.6) is 0 Å². The van der Waals surface area contributed by atoms with Crippen LogP contribution in [0.4, 0.5) is 0 Å². The van der Waals surface area contributed by atoms with Crippen LogP contribution in [0, 0.1) is 5.92 Å². The van der Waals surface area contributed by atoms with Crippen molar-refractivity contribution in [2.75, 3.05) is 26.0 Å². The highest BCUT2D eigenvalue weighted by Gasteiger charge is 2.35. The van der Waals surface area contributed by atoms with Crippen molar-refractivity contribution in [1.29, 1.82) is 0 Å². The van der Waals surface area contributed by atoms with E-state index in [1.54, 1.807) is 0 Å². The monoisotopic (exact) mass is 245 g/mol. The molecule has 0 bridgehead atoms. The number of carbonyl (C=O) groups excluding carboxylic acids is 1. The smallest absolute Gasteiger partial charge is 0.309 e. The normalized spacial score (nSPS) is 19.9. The second-order valence-electron chi connectivity index (χ2n) is 4.52. The van der Waals surface area contributed by atoms with E-state index in [4.69, 9.17) is 4.74 Å². The Morgan fingerprint density at radius 2 is 2.25 bits per heavy atom. The summed E-state index contributed by atoms with van der Waals surface area (Å²) in [4.78, 5) is 11.4. The molecular weight excluding hydrogens is 222 g/mol. The number of thioether (sulfide) groups is 1. The fourth-order valence-electron chi connectivity index (χ4n) is 1.91. The van der Waals surface area contributed by atoms with Gasteiger partial charge < -0.3 is 10.1 Å². The first-order valence-corrected chi connectivity index (χ1v) is 7.28. The van der Waals surface area contributed by atoms with Crippen molar-refractivity contribution in [3.8, 4) is 0 Å². The highest BCUT2D eigenvalue weighted by atomic mass is 32.2. The zero-order valence-corrected chi connectivity index (χ0v) is 11.4. The number of hydrogen-bond donors (Lipinski definition) is 1. The van der Waals surface area contributed by atoms with E-state index in [-0.39, 0.29) is 11.9 Å². The van der Waals surface area contributed by atoms with E-state index in [9.17, 15) is 4.79 Å². The zero-order chi connectivity index (χ0) is 12.0. The molecule has 1 unspecified atom stereocenters. The highest BCUT2D eigenvalue weighted by Crippen LogP contribution is 2.42. The number of nitrogens with one attached hydrogen (secondary N) is 1. The fourth-order valence-corrected chi connectivity index (χ4v) is 2.85. The molecule has 0 amide bonds. The van der Waals surface area contributed by atoms with Gasteiger partial charge in [-0.05, 0) is 26.0 Å². The average molecular weight is 245 g/mol. The van der Waals surface area contributed by atoms with Crippen molar-refractivity contribution in [2.45, 2.75) is 37.9 Å². The maximum absolute atomic E-state index is 11.4. The molecule has 1 saturated carbocycles. The second-order valence-corrected chi connectivity index (χ2v) is 5.80. The van der Waals surface area contributed by atoms with Crippen molar-refractivity contribution >= 4 is 17.7 Å². The maximum atomic E-state index is 11.4. The number of carbonyl (C=O) groups is 1. The molecule has 16 heavy (non-hydrogen) atoms. The van der Waals surface area contributed by atoms with Gasteiger partial charge in [0.2, 0.25) is 0 Å². The van der Waals surface area contributed by atoms with Crippen LogP contribution in [-0.4, -0.2) is 36.7 Å². The Morgan fingerprint density at radius 3 is 2.69 bits per heavy atom. The fraction of sp³-hybridized carbons (Fsp3) is 0.917. The van der Waals surface area contributed by atoms with Gasteiger partial charge in [-0.1, -0.05) is 13.3 Å². The lowest BCUT2D eigenvalue weighted by molar-refractivity contribution is -0.147. The molecule has 1 fully saturated rings. The first-order valence-electron chi connectivity index (χ1n) is 6.06. The quantitative estimate of drug-likeness (QED) is 0.697. The molecule has 1 aliphatic rings. The summed E-state index contributed by atoms with van der Waals surface area (Å²) in [7, 11) is 0. The Balaban J connectivity index is 2.17. The van der Waals surface area contributed by atoms with E-state index in [1.165, 1.54) is 19.3 Å². The van der Waals surface area contributed by atoms with E-state index >= 15 is 0 Å². The second kappa shape index (κ2) is 6.50. The van der Waals surface area contributed by atoms with Crippen LogP contribution < -0.4 is 5.32 Å². The predicted octanol–water partition coefficient (Wildman–Crippen LogP) is 2.06. The van der Waals surface area contributed by atoms with Gasteiger partial charge in [0.1, 0.15) is 0 Å². The van der Waals surface area contributed by atoms with Crippen molar-refractivity contribution in [3.63, 3.8) is 0 Å². The lowest BCUT2D eigenvalue weighted by atomic mass is 9.84. The largest absolute Gasteiger partial charge is 0.466 e. The predicted molar refractivity (Wildman–Crippen MR) is 68.8 cm³/mol. The van der Waals surface area contributed by atoms with Crippen LogP contribution in [0.1, 0.15) is 33.1 Å². The molecule has 1 atom stereocenters. The number of ether oxygens (including phenoxy) is 1. The van der Waals surface area contributed by atoms with Gasteiger partial charge in [-0.3, -0.25) is 4.79 Å². The van der Waals surface area contributed by atoms with E-state index in [1.807, 2.05) is 25.6 Å². The minimum atomic E-state index is -0.0955. The summed E-state index contributed by atoms with van der Waals surface area (Å²) < 4.78 is 5.41. The summed E-state index contributed by atoms with van der Waals surface area (Å²) in [5.41, 5.74) is 0. The Morgan fingerprint density at radius 1 is 1.56 bits per heavy atom. The van der Waals surface area contributed by atoms with Crippen LogP contribution >= 0.6 is 11.8 Å². The topological polar surface area (TPSA) is 38.3 Å². The molecule has 4 heteroatoms. The molecule has 94 valence electrons. The van der Waals surface area contributed by atoms with Crippen LogP contribution in [0.2, 0.25) is 0 Å². The summed E-state index contributed by atoms with van der Waals surface area (Å²) >= 11 is 1.95. The average Bonchev–Trinajstić information content (AvgIpc) is 2.22. The first kappa shape index (κ1) is 13.8. The third-order valence-corrected chi connectivity index (χ3v) is 4.70. The lowest BCUT2D eigenvalue weighted by Gasteiger charge is -2.40. The molecule has 0 aliphatic heterocycles.